The highest BCUT2D eigenvalue weighted by atomic mass is 79.9. The quantitative estimate of drug-likeness (QED) is 0.803. The molecule has 0 aliphatic rings. The number of ether oxygens (including phenoxy) is 2. The lowest BCUT2D eigenvalue weighted by atomic mass is 10.2. The molecule has 0 atom stereocenters. The minimum atomic E-state index is -4.73. The normalized spacial score (nSPS) is 11.4. The second kappa shape index (κ2) is 4.90. The van der Waals surface area contributed by atoms with Crippen LogP contribution < -0.4 is 9.47 Å². The fraction of sp³-hybridized carbons (Fsp3) is 0.444. The van der Waals surface area contributed by atoms with Gasteiger partial charge in [0.25, 0.3) is 0 Å². The summed E-state index contributed by atoms with van der Waals surface area (Å²) in [5, 5.41) is 0.163. The summed E-state index contributed by atoms with van der Waals surface area (Å²) in [5.41, 5.74) is 0.535. The van der Waals surface area contributed by atoms with Gasteiger partial charge in [-0.05, 0) is 6.92 Å². The Kier molecular flexibility index (Phi) is 4.01. The molecular formula is C9H9BrF3NO2. The Morgan fingerprint density at radius 2 is 2.06 bits per heavy atom. The van der Waals surface area contributed by atoms with E-state index in [2.05, 4.69) is 25.7 Å². The van der Waals surface area contributed by atoms with Crippen molar-refractivity contribution in [2.75, 3.05) is 7.11 Å². The van der Waals surface area contributed by atoms with Gasteiger partial charge in [0, 0.05) is 17.1 Å². The molecule has 16 heavy (non-hydrogen) atoms. The van der Waals surface area contributed by atoms with Gasteiger partial charge in [0.05, 0.1) is 12.7 Å². The second-order valence-corrected chi connectivity index (χ2v) is 3.50. The molecule has 0 fully saturated rings. The SMILES string of the molecule is COc1ncc(C)c(OC(F)(F)F)c1CBr. The van der Waals surface area contributed by atoms with Gasteiger partial charge in [0.15, 0.2) is 0 Å². The topological polar surface area (TPSA) is 31.4 Å². The summed E-state index contributed by atoms with van der Waals surface area (Å²) < 4.78 is 45.3. The largest absolute Gasteiger partial charge is 0.573 e. The molecule has 0 radical (unpaired) electrons. The van der Waals surface area contributed by atoms with Crippen molar-refractivity contribution < 1.29 is 22.6 Å². The van der Waals surface area contributed by atoms with E-state index in [0.29, 0.717) is 5.56 Å². The van der Waals surface area contributed by atoms with Gasteiger partial charge in [-0.15, -0.1) is 13.2 Å². The molecule has 7 heteroatoms. The van der Waals surface area contributed by atoms with Gasteiger partial charge in [-0.25, -0.2) is 4.98 Å². The third-order valence-corrected chi connectivity index (χ3v) is 2.37. The van der Waals surface area contributed by atoms with E-state index in [0.717, 1.165) is 0 Å². The Labute approximate surface area is 98.7 Å². The molecule has 0 spiro atoms. The van der Waals surface area contributed by atoms with Crippen LogP contribution in [0.25, 0.3) is 0 Å². The van der Waals surface area contributed by atoms with Gasteiger partial charge in [0.2, 0.25) is 5.88 Å². The summed E-state index contributed by atoms with van der Waals surface area (Å²) in [7, 11) is 1.33. The van der Waals surface area contributed by atoms with Crippen LogP contribution in [0.15, 0.2) is 6.20 Å². The number of hydrogen-bond donors (Lipinski definition) is 0. The molecule has 1 rings (SSSR count). The van der Waals surface area contributed by atoms with E-state index < -0.39 is 6.36 Å². The molecule has 0 amide bonds. The van der Waals surface area contributed by atoms with E-state index in [-0.39, 0.29) is 22.5 Å². The van der Waals surface area contributed by atoms with Crippen molar-refractivity contribution in [3.8, 4) is 11.6 Å². The first-order valence-electron chi connectivity index (χ1n) is 4.23. The first-order chi connectivity index (χ1) is 7.39. The summed E-state index contributed by atoms with van der Waals surface area (Å²) in [6, 6.07) is 0. The Bertz CT molecular complexity index is 382. The first kappa shape index (κ1) is 13.1. The fourth-order valence-electron chi connectivity index (χ4n) is 1.18. The van der Waals surface area contributed by atoms with E-state index in [4.69, 9.17) is 4.74 Å². The van der Waals surface area contributed by atoms with Gasteiger partial charge < -0.3 is 9.47 Å². The third-order valence-electron chi connectivity index (χ3n) is 1.81. The van der Waals surface area contributed by atoms with Crippen LogP contribution in [0.1, 0.15) is 11.1 Å². The van der Waals surface area contributed by atoms with Crippen LogP contribution in [0.4, 0.5) is 13.2 Å². The van der Waals surface area contributed by atoms with Crippen molar-refractivity contribution >= 4 is 15.9 Å². The van der Waals surface area contributed by atoms with Crippen LogP contribution in [0.2, 0.25) is 0 Å². The Balaban J connectivity index is 3.23. The van der Waals surface area contributed by atoms with Gasteiger partial charge in [-0.3, -0.25) is 0 Å². The monoisotopic (exact) mass is 299 g/mol. The number of aryl methyl sites for hydroxylation is 1. The molecule has 1 aromatic rings. The highest BCUT2D eigenvalue weighted by molar-refractivity contribution is 9.08. The number of aromatic nitrogens is 1. The molecule has 0 saturated carbocycles. The number of hydrogen-bond acceptors (Lipinski definition) is 3. The Hall–Kier alpha value is -0.980. The molecule has 90 valence electrons. The van der Waals surface area contributed by atoms with Crippen molar-refractivity contribution in [3.05, 3.63) is 17.3 Å². The zero-order valence-corrected chi connectivity index (χ0v) is 10.1. The van der Waals surface area contributed by atoms with E-state index in [1.54, 1.807) is 0 Å². The van der Waals surface area contributed by atoms with Crippen molar-refractivity contribution in [1.29, 1.82) is 0 Å². The average Bonchev–Trinajstić information content (AvgIpc) is 2.19. The lowest BCUT2D eigenvalue weighted by Crippen LogP contribution is -2.19. The maximum Gasteiger partial charge on any atom is 0.573 e. The molecule has 0 unspecified atom stereocenters. The summed E-state index contributed by atoms with van der Waals surface area (Å²) in [6.07, 6.45) is -3.46. The molecule has 0 aromatic carbocycles. The van der Waals surface area contributed by atoms with Crippen molar-refractivity contribution in [1.82, 2.24) is 4.98 Å². The number of halogens is 4. The van der Waals surface area contributed by atoms with Gasteiger partial charge >= 0.3 is 6.36 Å². The van der Waals surface area contributed by atoms with Gasteiger partial charge in [-0.2, -0.15) is 0 Å². The summed E-state index contributed by atoms with van der Waals surface area (Å²) in [4.78, 5) is 3.86. The summed E-state index contributed by atoms with van der Waals surface area (Å²) >= 11 is 3.07. The van der Waals surface area contributed by atoms with Crippen LogP contribution in [-0.4, -0.2) is 18.5 Å². The van der Waals surface area contributed by atoms with Crippen molar-refractivity contribution in [3.63, 3.8) is 0 Å². The van der Waals surface area contributed by atoms with Gasteiger partial charge in [0.1, 0.15) is 5.75 Å². The lowest BCUT2D eigenvalue weighted by molar-refractivity contribution is -0.275. The number of rotatable bonds is 3. The Morgan fingerprint density at radius 3 is 2.50 bits per heavy atom. The number of nitrogens with zero attached hydrogens (tertiary/aromatic N) is 1. The van der Waals surface area contributed by atoms with E-state index in [9.17, 15) is 13.2 Å². The van der Waals surface area contributed by atoms with Crippen LogP contribution in [0.5, 0.6) is 11.6 Å². The zero-order valence-electron chi connectivity index (χ0n) is 8.56. The standard InChI is InChI=1S/C9H9BrF3NO2/c1-5-4-14-8(15-2)6(3-10)7(5)16-9(11,12)13/h4H,3H2,1-2H3. The average molecular weight is 300 g/mol. The van der Waals surface area contributed by atoms with Crippen molar-refractivity contribution in [2.45, 2.75) is 18.6 Å². The predicted molar refractivity (Wildman–Crippen MR) is 54.8 cm³/mol. The maximum atomic E-state index is 12.2. The Morgan fingerprint density at radius 1 is 1.44 bits per heavy atom. The first-order valence-corrected chi connectivity index (χ1v) is 5.35. The number of methoxy groups -OCH3 is 1. The lowest BCUT2D eigenvalue weighted by Gasteiger charge is -2.16. The molecule has 0 aliphatic carbocycles. The van der Waals surface area contributed by atoms with E-state index in [1.165, 1.54) is 20.2 Å². The van der Waals surface area contributed by atoms with Crippen LogP contribution in [0, 0.1) is 6.92 Å². The molecule has 0 saturated heterocycles. The van der Waals surface area contributed by atoms with Crippen LogP contribution >= 0.6 is 15.9 Å². The highest BCUT2D eigenvalue weighted by Crippen LogP contribution is 2.35. The molecule has 3 nitrogen and oxygen atoms in total. The highest BCUT2D eigenvalue weighted by Gasteiger charge is 2.33. The number of alkyl halides is 4. The molecular weight excluding hydrogens is 291 g/mol. The van der Waals surface area contributed by atoms with Crippen LogP contribution in [0.3, 0.4) is 0 Å². The summed E-state index contributed by atoms with van der Waals surface area (Å²) in [5.74, 6) is -0.155. The molecule has 1 heterocycles. The summed E-state index contributed by atoms with van der Waals surface area (Å²) in [6.45, 7) is 1.49. The van der Waals surface area contributed by atoms with Gasteiger partial charge in [-0.1, -0.05) is 15.9 Å². The zero-order chi connectivity index (χ0) is 12.3. The second-order valence-electron chi connectivity index (χ2n) is 2.94. The minimum Gasteiger partial charge on any atom is -0.481 e. The molecule has 0 aliphatic heterocycles. The van der Waals surface area contributed by atoms with Crippen LogP contribution in [-0.2, 0) is 5.33 Å². The predicted octanol–water partition coefficient (Wildman–Crippen LogP) is 3.19. The fourth-order valence-corrected chi connectivity index (χ4v) is 1.67. The van der Waals surface area contributed by atoms with Crippen molar-refractivity contribution in [2.24, 2.45) is 0 Å². The molecule has 1 aromatic heterocycles. The smallest absolute Gasteiger partial charge is 0.481 e. The molecule has 0 N–H and O–H groups in total. The van der Waals surface area contributed by atoms with E-state index in [1.807, 2.05) is 0 Å². The molecule has 0 bridgehead atoms. The van der Waals surface area contributed by atoms with E-state index >= 15 is 0 Å². The maximum absolute atomic E-state index is 12.2. The third kappa shape index (κ3) is 3.01. The minimum absolute atomic E-state index is 0.113. The number of pyridine rings is 1.